The molecule has 0 atom stereocenters. The maximum absolute atomic E-state index is 6.55. The number of nitrogens with zero attached hydrogens (tertiary/aromatic N) is 1. The van der Waals surface area contributed by atoms with Crippen molar-refractivity contribution in [2.24, 2.45) is 0 Å². The topological polar surface area (TPSA) is 16.4 Å². The lowest BCUT2D eigenvalue weighted by Gasteiger charge is -2.28. The van der Waals surface area contributed by atoms with Gasteiger partial charge in [0.25, 0.3) is 0 Å². The number of benzene rings is 9. The first kappa shape index (κ1) is 37.1. The summed E-state index contributed by atoms with van der Waals surface area (Å²) in [6.07, 6.45) is 15.1. The lowest BCUT2D eigenvalue weighted by molar-refractivity contribution is 0.672. The summed E-state index contributed by atoms with van der Waals surface area (Å²) < 4.78 is 9.19. The SMILES string of the molecule is C1=C\C/C=C\c2c(cccc2-c2ccc(N(c3ccc(-c4cccc5c4sc4ccccc45)cc3)c3ccccc3-c3ccc4oc5c6ccccc6ccc5c4c3)cc2)C\C=C/1. The summed E-state index contributed by atoms with van der Waals surface area (Å²) in [6, 6.07) is 68.7. The number of hydrogen-bond acceptors (Lipinski definition) is 3. The molecule has 0 unspecified atom stereocenters. The Labute approximate surface area is 370 Å². The van der Waals surface area contributed by atoms with Crippen molar-refractivity contribution in [2.75, 3.05) is 4.90 Å². The number of para-hydroxylation sites is 1. The molecule has 9 aromatic carbocycles. The minimum Gasteiger partial charge on any atom is -0.455 e. The van der Waals surface area contributed by atoms with Crippen molar-refractivity contribution in [2.45, 2.75) is 12.8 Å². The van der Waals surface area contributed by atoms with Gasteiger partial charge < -0.3 is 9.32 Å². The zero-order valence-corrected chi connectivity index (χ0v) is 35.4. The molecule has 0 saturated carbocycles. The summed E-state index contributed by atoms with van der Waals surface area (Å²) >= 11 is 1.87. The van der Waals surface area contributed by atoms with Crippen LogP contribution in [0.4, 0.5) is 17.1 Å². The van der Waals surface area contributed by atoms with Crippen molar-refractivity contribution in [1.82, 2.24) is 0 Å². The van der Waals surface area contributed by atoms with Crippen LogP contribution in [0, 0.1) is 0 Å². The van der Waals surface area contributed by atoms with Gasteiger partial charge in [-0.2, -0.15) is 0 Å². The third-order valence-electron chi connectivity index (χ3n) is 12.6. The van der Waals surface area contributed by atoms with E-state index in [-0.39, 0.29) is 0 Å². The predicted molar refractivity (Wildman–Crippen MR) is 271 cm³/mol. The zero-order chi connectivity index (χ0) is 41.7. The van der Waals surface area contributed by atoms with Crippen molar-refractivity contribution in [3.8, 4) is 33.4 Å². The Bertz CT molecular complexity index is 3620. The molecule has 0 aliphatic heterocycles. The van der Waals surface area contributed by atoms with Gasteiger partial charge >= 0.3 is 0 Å². The van der Waals surface area contributed by atoms with Gasteiger partial charge in [0.15, 0.2) is 0 Å². The first-order valence-corrected chi connectivity index (χ1v) is 22.5. The third kappa shape index (κ3) is 6.57. The molecule has 1 aliphatic carbocycles. The highest BCUT2D eigenvalue weighted by atomic mass is 32.1. The van der Waals surface area contributed by atoms with E-state index in [1.165, 1.54) is 58.9 Å². The fourth-order valence-electron chi connectivity index (χ4n) is 9.50. The van der Waals surface area contributed by atoms with Crippen molar-refractivity contribution in [3.05, 3.63) is 230 Å². The summed E-state index contributed by atoms with van der Waals surface area (Å²) in [5, 5.41) is 7.18. The number of furan rings is 1. The highest BCUT2D eigenvalue weighted by Gasteiger charge is 2.20. The molecule has 12 rings (SSSR count). The molecule has 11 aromatic rings. The van der Waals surface area contributed by atoms with E-state index >= 15 is 0 Å². The van der Waals surface area contributed by atoms with Gasteiger partial charge in [-0.25, -0.2) is 0 Å². The molecule has 0 N–H and O–H groups in total. The first-order chi connectivity index (χ1) is 31.2. The van der Waals surface area contributed by atoms with E-state index in [2.05, 4.69) is 229 Å². The Morgan fingerprint density at radius 1 is 0.460 bits per heavy atom. The van der Waals surface area contributed by atoms with Crippen molar-refractivity contribution in [1.29, 1.82) is 0 Å². The number of hydrogen-bond donors (Lipinski definition) is 0. The van der Waals surface area contributed by atoms with Gasteiger partial charge in [0.1, 0.15) is 11.2 Å². The van der Waals surface area contributed by atoms with E-state index in [1.54, 1.807) is 0 Å². The molecule has 63 heavy (non-hydrogen) atoms. The molecule has 0 radical (unpaired) electrons. The molecular formula is C60H41NOS. The summed E-state index contributed by atoms with van der Waals surface area (Å²) in [6.45, 7) is 0. The van der Waals surface area contributed by atoms with Crippen LogP contribution in [0.5, 0.6) is 0 Å². The molecule has 0 spiro atoms. The van der Waals surface area contributed by atoms with Crippen LogP contribution in [0.15, 0.2) is 223 Å². The second kappa shape index (κ2) is 15.6. The predicted octanol–water partition coefficient (Wildman–Crippen LogP) is 17.6. The van der Waals surface area contributed by atoms with E-state index in [4.69, 9.17) is 4.42 Å². The lowest BCUT2D eigenvalue weighted by Crippen LogP contribution is -2.11. The van der Waals surface area contributed by atoms with Crippen LogP contribution in [-0.2, 0) is 6.42 Å². The standard InChI is InChI=1S/C60H41NOS/c1-2-4-6-18-47-40(15-5-3-1)17-13-22-48(47)42-27-33-45(34-28-42)61(46-35-29-43(30-36-46)51-23-14-24-54-52-21-10-12-26-58(52)63-60(51)54)56-25-11-9-19-49(56)44-32-38-57-55(39-44)53-37-31-41-16-7-8-20-50(41)59(53)62-57/h1-3,5-14,16-39H,4,15H2/b2-1-,5-3-,18-6-. The van der Waals surface area contributed by atoms with Crippen LogP contribution in [0.25, 0.3) is 92.3 Å². The Balaban J connectivity index is 0.993. The smallest absolute Gasteiger partial charge is 0.143 e. The molecule has 2 aromatic heterocycles. The Morgan fingerprint density at radius 3 is 2.02 bits per heavy atom. The maximum Gasteiger partial charge on any atom is 0.143 e. The number of allylic oxidation sites excluding steroid dienone is 5. The van der Waals surface area contributed by atoms with Gasteiger partial charge in [-0.3, -0.25) is 0 Å². The molecule has 1 aliphatic rings. The van der Waals surface area contributed by atoms with E-state index in [1.807, 2.05) is 11.3 Å². The zero-order valence-electron chi connectivity index (χ0n) is 34.5. The fraction of sp³-hybridized carbons (Fsp3) is 0.0333. The molecule has 0 saturated heterocycles. The summed E-state index contributed by atoms with van der Waals surface area (Å²) in [5.74, 6) is 0. The van der Waals surface area contributed by atoms with Crippen molar-refractivity contribution in [3.63, 3.8) is 0 Å². The third-order valence-corrected chi connectivity index (χ3v) is 13.8. The van der Waals surface area contributed by atoms with Gasteiger partial charge in [0.2, 0.25) is 0 Å². The second-order valence-corrected chi connectivity index (χ2v) is 17.3. The van der Waals surface area contributed by atoms with Gasteiger partial charge in [-0.1, -0.05) is 170 Å². The highest BCUT2D eigenvalue weighted by Crippen LogP contribution is 2.45. The molecule has 2 nitrogen and oxygen atoms in total. The molecule has 2 heterocycles. The second-order valence-electron chi connectivity index (χ2n) is 16.3. The van der Waals surface area contributed by atoms with E-state index in [9.17, 15) is 0 Å². The summed E-state index contributed by atoms with van der Waals surface area (Å²) in [5.41, 5.74) is 14.9. The molecule has 0 amide bonds. The van der Waals surface area contributed by atoms with Crippen LogP contribution in [0.1, 0.15) is 17.5 Å². The molecule has 298 valence electrons. The molecule has 3 heteroatoms. The van der Waals surface area contributed by atoms with Gasteiger partial charge in [-0.15, -0.1) is 11.3 Å². The fourth-order valence-corrected chi connectivity index (χ4v) is 10.7. The number of rotatable bonds is 6. The van der Waals surface area contributed by atoms with E-state index < -0.39 is 0 Å². The van der Waals surface area contributed by atoms with Crippen LogP contribution >= 0.6 is 11.3 Å². The first-order valence-electron chi connectivity index (χ1n) is 21.7. The van der Waals surface area contributed by atoms with E-state index in [0.29, 0.717) is 0 Å². The molecular weight excluding hydrogens is 783 g/mol. The van der Waals surface area contributed by atoms with Crippen LogP contribution < -0.4 is 4.90 Å². The lowest BCUT2D eigenvalue weighted by atomic mass is 9.92. The van der Waals surface area contributed by atoms with Crippen LogP contribution in [-0.4, -0.2) is 0 Å². The number of fused-ring (bicyclic) bond motifs is 9. The minimum absolute atomic E-state index is 0.891. The normalized spacial score (nSPS) is 14.3. The Kier molecular flexibility index (Phi) is 9.20. The quantitative estimate of drug-likeness (QED) is 0.166. The number of anilines is 3. The maximum atomic E-state index is 6.55. The average molecular weight is 824 g/mol. The van der Waals surface area contributed by atoms with Crippen LogP contribution in [0.3, 0.4) is 0 Å². The Hall–Kier alpha value is -7.72. The Morgan fingerprint density at radius 2 is 1.14 bits per heavy atom. The minimum atomic E-state index is 0.891. The number of thiophene rings is 1. The van der Waals surface area contributed by atoms with E-state index in [0.717, 1.165) is 68.4 Å². The molecule has 0 fully saturated rings. The summed E-state index contributed by atoms with van der Waals surface area (Å²) in [7, 11) is 0. The van der Waals surface area contributed by atoms with Crippen LogP contribution in [0.2, 0.25) is 0 Å². The van der Waals surface area contributed by atoms with Gasteiger partial charge in [-0.05, 0) is 112 Å². The van der Waals surface area contributed by atoms with Crippen molar-refractivity contribution >= 4 is 87.4 Å². The monoisotopic (exact) mass is 823 g/mol. The van der Waals surface area contributed by atoms with Gasteiger partial charge in [0.05, 0.1) is 5.69 Å². The molecule has 0 bridgehead atoms. The summed E-state index contributed by atoms with van der Waals surface area (Å²) in [4.78, 5) is 2.41. The van der Waals surface area contributed by atoms with Crippen molar-refractivity contribution < 1.29 is 4.42 Å². The largest absolute Gasteiger partial charge is 0.455 e. The average Bonchev–Trinajstić information content (AvgIpc) is 3.92. The highest BCUT2D eigenvalue weighted by molar-refractivity contribution is 7.26. The van der Waals surface area contributed by atoms with Gasteiger partial charge in [0, 0.05) is 53.3 Å².